The van der Waals surface area contributed by atoms with Crippen molar-refractivity contribution in [3.8, 4) is 0 Å². The number of ether oxygens (including phenoxy) is 1. The fourth-order valence-corrected chi connectivity index (χ4v) is 0.965. The Kier molecular flexibility index (Phi) is 5.43. The predicted molar refractivity (Wildman–Crippen MR) is 49.8 cm³/mol. The largest absolute Gasteiger partial charge is 0.462 e. The Bertz CT molecular complexity index is 169. The third-order valence-corrected chi connectivity index (χ3v) is 1.61. The Hall–Kier alpha value is -0.790. The molecule has 0 amide bonds. The van der Waals surface area contributed by atoms with E-state index in [1.165, 1.54) is 0 Å². The van der Waals surface area contributed by atoms with Gasteiger partial charge in [-0.05, 0) is 19.3 Å². The molecule has 0 rings (SSSR count). The van der Waals surface area contributed by atoms with Gasteiger partial charge >= 0.3 is 5.97 Å². The van der Waals surface area contributed by atoms with Crippen molar-refractivity contribution in [2.45, 2.75) is 34.1 Å². The Morgan fingerprint density at radius 2 is 2.08 bits per heavy atom. The van der Waals surface area contributed by atoms with Gasteiger partial charge in [0, 0.05) is 5.57 Å². The highest BCUT2D eigenvalue weighted by atomic mass is 16.5. The van der Waals surface area contributed by atoms with Gasteiger partial charge in [0.2, 0.25) is 0 Å². The summed E-state index contributed by atoms with van der Waals surface area (Å²) < 4.78 is 5.00. The monoisotopic (exact) mass is 170 g/mol. The van der Waals surface area contributed by atoms with Crippen molar-refractivity contribution in [1.82, 2.24) is 0 Å². The number of rotatable bonds is 4. The highest BCUT2D eigenvalue weighted by molar-refractivity contribution is 5.88. The third kappa shape index (κ3) is 3.56. The van der Waals surface area contributed by atoms with Crippen LogP contribution in [0.1, 0.15) is 34.1 Å². The molecule has 12 heavy (non-hydrogen) atoms. The van der Waals surface area contributed by atoms with E-state index >= 15 is 0 Å². The molecule has 0 heterocycles. The maximum Gasteiger partial charge on any atom is 0.333 e. The molecule has 0 aromatic heterocycles. The van der Waals surface area contributed by atoms with Crippen LogP contribution in [0.4, 0.5) is 0 Å². The van der Waals surface area contributed by atoms with E-state index in [2.05, 4.69) is 0 Å². The summed E-state index contributed by atoms with van der Waals surface area (Å²) in [5.74, 6) is 0.0775. The molecule has 0 bridgehead atoms. The number of carbonyl (C=O) groups is 1. The van der Waals surface area contributed by atoms with Gasteiger partial charge in [-0.2, -0.15) is 0 Å². The van der Waals surface area contributed by atoms with Crippen molar-refractivity contribution < 1.29 is 9.53 Å². The quantitative estimate of drug-likeness (QED) is 0.478. The smallest absolute Gasteiger partial charge is 0.333 e. The van der Waals surface area contributed by atoms with Crippen molar-refractivity contribution in [2.75, 3.05) is 6.61 Å². The summed E-state index contributed by atoms with van der Waals surface area (Å²) in [7, 11) is 0. The summed E-state index contributed by atoms with van der Waals surface area (Å²) in [4.78, 5) is 11.3. The summed E-state index contributed by atoms with van der Waals surface area (Å²) in [6.45, 7) is 8.34. The van der Waals surface area contributed by atoms with Gasteiger partial charge < -0.3 is 4.74 Å². The molecule has 0 N–H and O–H groups in total. The molecule has 0 aromatic carbocycles. The Morgan fingerprint density at radius 1 is 1.50 bits per heavy atom. The molecule has 0 aliphatic carbocycles. The zero-order chi connectivity index (χ0) is 9.56. The number of esters is 1. The minimum absolute atomic E-state index is 0.172. The molecule has 0 spiro atoms. The number of hydrogen-bond acceptors (Lipinski definition) is 2. The van der Waals surface area contributed by atoms with Crippen molar-refractivity contribution >= 4 is 5.97 Å². The second kappa shape index (κ2) is 5.81. The van der Waals surface area contributed by atoms with Crippen molar-refractivity contribution in [3.63, 3.8) is 0 Å². The van der Waals surface area contributed by atoms with Crippen LogP contribution in [0.5, 0.6) is 0 Å². The fraction of sp³-hybridized carbons (Fsp3) is 0.700. The Balaban J connectivity index is 4.06. The van der Waals surface area contributed by atoms with E-state index in [1.54, 1.807) is 0 Å². The van der Waals surface area contributed by atoms with Gasteiger partial charge in [-0.1, -0.05) is 26.8 Å². The highest BCUT2D eigenvalue weighted by Crippen LogP contribution is 2.10. The summed E-state index contributed by atoms with van der Waals surface area (Å²) in [6.07, 6.45) is 2.70. The van der Waals surface area contributed by atoms with Crippen LogP contribution in [-0.4, -0.2) is 12.6 Å². The van der Waals surface area contributed by atoms with Crippen molar-refractivity contribution in [3.05, 3.63) is 11.6 Å². The highest BCUT2D eigenvalue weighted by Gasteiger charge is 2.12. The third-order valence-electron chi connectivity index (χ3n) is 1.61. The number of allylic oxidation sites excluding steroid dienone is 1. The molecule has 0 saturated carbocycles. The lowest BCUT2D eigenvalue weighted by atomic mass is 10.0. The van der Waals surface area contributed by atoms with Gasteiger partial charge in [0.1, 0.15) is 0 Å². The Morgan fingerprint density at radius 3 is 2.42 bits per heavy atom. The van der Waals surface area contributed by atoms with Crippen LogP contribution in [0.2, 0.25) is 0 Å². The van der Waals surface area contributed by atoms with E-state index < -0.39 is 0 Å². The van der Waals surface area contributed by atoms with Crippen LogP contribution in [0.25, 0.3) is 0 Å². The van der Waals surface area contributed by atoms with Gasteiger partial charge in [-0.3, -0.25) is 0 Å². The number of carbonyl (C=O) groups excluding carboxylic acids is 1. The van der Waals surface area contributed by atoms with E-state index in [4.69, 9.17) is 4.74 Å². The average molecular weight is 170 g/mol. The standard InChI is InChI=1S/C10H18O2/c1-5-7-12-10(11)9(6-2)8(3)4/h6,8H,5,7H2,1-4H3/b9-6+. The van der Waals surface area contributed by atoms with Crippen LogP contribution in [0.3, 0.4) is 0 Å². The molecule has 2 nitrogen and oxygen atoms in total. The average Bonchev–Trinajstić information content (AvgIpc) is 2.01. The predicted octanol–water partition coefficient (Wildman–Crippen LogP) is 2.54. The van der Waals surface area contributed by atoms with Gasteiger partial charge in [-0.25, -0.2) is 4.79 Å². The molecule has 0 aliphatic heterocycles. The Labute approximate surface area is 74.6 Å². The first kappa shape index (κ1) is 11.2. The van der Waals surface area contributed by atoms with Gasteiger partial charge in [0.25, 0.3) is 0 Å². The second-order valence-corrected chi connectivity index (χ2v) is 3.03. The molecule has 70 valence electrons. The summed E-state index contributed by atoms with van der Waals surface area (Å²) in [5, 5.41) is 0. The fourth-order valence-electron chi connectivity index (χ4n) is 0.965. The zero-order valence-corrected chi connectivity index (χ0v) is 8.39. The first-order valence-corrected chi connectivity index (χ1v) is 4.46. The summed E-state index contributed by atoms with van der Waals surface area (Å²) in [5.41, 5.74) is 0.767. The molecule has 0 aromatic rings. The van der Waals surface area contributed by atoms with Gasteiger partial charge in [-0.15, -0.1) is 0 Å². The van der Waals surface area contributed by atoms with E-state index in [1.807, 2.05) is 33.8 Å². The van der Waals surface area contributed by atoms with E-state index in [-0.39, 0.29) is 11.9 Å². The first-order chi connectivity index (χ1) is 5.63. The van der Waals surface area contributed by atoms with Gasteiger partial charge in [0.15, 0.2) is 0 Å². The van der Waals surface area contributed by atoms with E-state index in [0.717, 1.165) is 12.0 Å². The van der Waals surface area contributed by atoms with Crippen LogP contribution in [0, 0.1) is 5.92 Å². The molecule has 2 heteroatoms. The van der Waals surface area contributed by atoms with Crippen molar-refractivity contribution in [2.24, 2.45) is 5.92 Å². The van der Waals surface area contributed by atoms with E-state index in [0.29, 0.717) is 6.61 Å². The molecule has 0 radical (unpaired) electrons. The lowest BCUT2D eigenvalue weighted by molar-refractivity contribution is -0.139. The SMILES string of the molecule is C/C=C(/C(=O)OCCC)C(C)C. The normalized spacial score (nSPS) is 11.9. The van der Waals surface area contributed by atoms with Crippen LogP contribution < -0.4 is 0 Å². The lowest BCUT2D eigenvalue weighted by Crippen LogP contribution is -2.12. The minimum Gasteiger partial charge on any atom is -0.462 e. The topological polar surface area (TPSA) is 26.3 Å². The van der Waals surface area contributed by atoms with Gasteiger partial charge in [0.05, 0.1) is 6.61 Å². The zero-order valence-electron chi connectivity index (χ0n) is 8.39. The minimum atomic E-state index is -0.172. The molecular formula is C10H18O2. The van der Waals surface area contributed by atoms with Crippen molar-refractivity contribution in [1.29, 1.82) is 0 Å². The maximum atomic E-state index is 11.3. The second-order valence-electron chi connectivity index (χ2n) is 3.03. The first-order valence-electron chi connectivity index (χ1n) is 4.46. The summed E-state index contributed by atoms with van der Waals surface area (Å²) in [6, 6.07) is 0. The van der Waals surface area contributed by atoms with Crippen LogP contribution >= 0.6 is 0 Å². The van der Waals surface area contributed by atoms with Crippen LogP contribution in [-0.2, 0) is 9.53 Å². The number of hydrogen-bond donors (Lipinski definition) is 0. The van der Waals surface area contributed by atoms with E-state index in [9.17, 15) is 4.79 Å². The molecule has 0 saturated heterocycles. The molecule has 0 unspecified atom stereocenters. The summed E-state index contributed by atoms with van der Waals surface area (Å²) >= 11 is 0. The molecule has 0 aliphatic rings. The molecule has 0 atom stereocenters. The molecule has 0 fully saturated rings. The van der Waals surface area contributed by atoms with Crippen LogP contribution in [0.15, 0.2) is 11.6 Å². The molecular weight excluding hydrogens is 152 g/mol. The maximum absolute atomic E-state index is 11.3. The lowest BCUT2D eigenvalue weighted by Gasteiger charge is -2.09.